The third-order valence-corrected chi connectivity index (χ3v) is 0. The first-order valence-corrected chi connectivity index (χ1v) is 2.00. The average Bonchev–Trinajstić information content (AvgIpc) is 0.722. The Labute approximate surface area is 83.6 Å². The molecule has 0 aromatic heterocycles. The van der Waals surface area contributed by atoms with Crippen LogP contribution in [0.15, 0.2) is 0 Å². The second kappa shape index (κ2) is 30.2. The molecule has 0 aromatic rings. The summed E-state index contributed by atoms with van der Waals surface area (Å²) in [6.07, 6.45) is 0. The molecule has 0 amide bonds. The van der Waals surface area contributed by atoms with Crippen molar-refractivity contribution in [3.63, 3.8) is 0 Å². The van der Waals surface area contributed by atoms with Gasteiger partial charge in [0.2, 0.25) is 0 Å². The van der Waals surface area contributed by atoms with Gasteiger partial charge in [0.1, 0.15) is 0 Å². The average molecular weight is 397 g/mol. The Morgan fingerprint density at radius 2 is 0.750 bits per heavy atom. The van der Waals surface area contributed by atoms with Gasteiger partial charge in [0.05, 0.1) is 0 Å². The molecule has 0 saturated carbocycles. The largest absolute Gasteiger partial charge is 2.00 e. The SMILES string of the molecule is N.N.O.O.O.O.O=S(=O)([O-])[O-].[Pt+2]. The van der Waals surface area contributed by atoms with Crippen LogP contribution in [-0.4, -0.2) is 39.4 Å². The van der Waals surface area contributed by atoms with Crippen LogP contribution in [0.3, 0.4) is 0 Å². The molecule has 0 bridgehead atoms. The molecule has 14 N–H and O–H groups in total. The van der Waals surface area contributed by atoms with Gasteiger partial charge in [-0.15, -0.1) is 0 Å². The summed E-state index contributed by atoms with van der Waals surface area (Å²) in [5.74, 6) is 0. The van der Waals surface area contributed by atoms with E-state index < -0.39 is 10.4 Å². The monoisotopic (exact) mass is 397 g/mol. The van der Waals surface area contributed by atoms with Crippen molar-refractivity contribution in [3.05, 3.63) is 0 Å². The van der Waals surface area contributed by atoms with Crippen LogP contribution < -0.4 is 12.3 Å². The fraction of sp³-hybridized carbons (Fsp3) is 0. The summed E-state index contributed by atoms with van der Waals surface area (Å²) >= 11 is 0. The Bertz CT molecular complexity index is 100. The van der Waals surface area contributed by atoms with Crippen molar-refractivity contribution >= 4 is 10.4 Å². The second-order valence-corrected chi connectivity index (χ2v) is 1.22. The molecule has 0 unspecified atom stereocenters. The number of hydrogen-bond acceptors (Lipinski definition) is 6. The van der Waals surface area contributed by atoms with Crippen molar-refractivity contribution in [2.75, 3.05) is 0 Å². The summed E-state index contributed by atoms with van der Waals surface area (Å²) in [5.41, 5.74) is 0. The summed E-state index contributed by atoms with van der Waals surface area (Å²) < 4.78 is 34.1. The Kier molecular flexibility index (Phi) is 213. The van der Waals surface area contributed by atoms with E-state index in [9.17, 15) is 0 Å². The van der Waals surface area contributed by atoms with Gasteiger partial charge in [-0.3, -0.25) is 8.42 Å². The van der Waals surface area contributed by atoms with E-state index in [1.807, 2.05) is 0 Å². The van der Waals surface area contributed by atoms with Gasteiger partial charge in [-0.05, 0) is 0 Å². The van der Waals surface area contributed by atoms with Crippen LogP contribution in [-0.2, 0) is 31.5 Å². The first-order valence-electron chi connectivity index (χ1n) is 0.667. The van der Waals surface area contributed by atoms with Crippen molar-refractivity contribution in [1.29, 1.82) is 0 Å². The maximum Gasteiger partial charge on any atom is 2.00 e. The van der Waals surface area contributed by atoms with E-state index in [4.69, 9.17) is 17.5 Å². The number of rotatable bonds is 0. The van der Waals surface area contributed by atoms with Crippen LogP contribution in [0.25, 0.3) is 0 Å². The Hall–Kier alpha value is 0.318. The van der Waals surface area contributed by atoms with E-state index in [1.165, 1.54) is 0 Å². The zero-order valence-electron chi connectivity index (χ0n) is 5.77. The van der Waals surface area contributed by atoms with Gasteiger partial charge in [-0.25, -0.2) is 0 Å². The van der Waals surface area contributed by atoms with Gasteiger partial charge in [0.25, 0.3) is 0 Å². The zero-order chi connectivity index (χ0) is 4.50. The van der Waals surface area contributed by atoms with Crippen molar-refractivity contribution in [3.8, 4) is 0 Å². The van der Waals surface area contributed by atoms with Crippen LogP contribution in [0.2, 0.25) is 0 Å². The summed E-state index contributed by atoms with van der Waals surface area (Å²) in [6.45, 7) is 0. The molecule has 0 rings (SSSR count). The number of hydrogen-bond donors (Lipinski definition) is 2. The molecule has 0 atom stereocenters. The van der Waals surface area contributed by atoms with Gasteiger partial charge in [-0.2, -0.15) is 0 Å². The van der Waals surface area contributed by atoms with Crippen molar-refractivity contribution < 1.29 is 60.5 Å². The van der Waals surface area contributed by atoms with E-state index >= 15 is 0 Å². The zero-order valence-corrected chi connectivity index (χ0v) is 8.86. The first-order chi connectivity index (χ1) is 2.00. The molecule has 0 aliphatic heterocycles. The minimum Gasteiger partial charge on any atom is -0.759 e. The van der Waals surface area contributed by atoms with Crippen molar-refractivity contribution in [2.45, 2.75) is 0 Å². The first kappa shape index (κ1) is 84.6. The Balaban J connectivity index is -0.00000000381. The van der Waals surface area contributed by atoms with Crippen LogP contribution >= 0.6 is 0 Å². The summed E-state index contributed by atoms with van der Waals surface area (Å²) in [6, 6.07) is 0. The molecule has 0 heterocycles. The Morgan fingerprint density at radius 3 is 0.750 bits per heavy atom. The fourth-order valence-electron chi connectivity index (χ4n) is 0. The molecule has 0 spiro atoms. The second-order valence-electron chi connectivity index (χ2n) is 0.408. The molecule has 12 heavy (non-hydrogen) atoms. The normalized spacial score (nSPS) is 4.83. The van der Waals surface area contributed by atoms with Crippen molar-refractivity contribution in [1.82, 2.24) is 12.3 Å². The molecule has 0 fully saturated rings. The van der Waals surface area contributed by atoms with E-state index in [-0.39, 0.29) is 55.3 Å². The predicted octanol–water partition coefficient (Wildman–Crippen LogP) is -4.32. The molecule has 0 aliphatic carbocycles. The van der Waals surface area contributed by atoms with Gasteiger partial charge >= 0.3 is 21.1 Å². The van der Waals surface area contributed by atoms with Crippen molar-refractivity contribution in [2.24, 2.45) is 0 Å². The molecule has 0 radical (unpaired) electrons. The third-order valence-electron chi connectivity index (χ3n) is 0. The maximum atomic E-state index is 8.52. The quantitative estimate of drug-likeness (QED) is 0.301. The minimum atomic E-state index is -5.17. The van der Waals surface area contributed by atoms with Crippen LogP contribution in [0, 0.1) is 0 Å². The summed E-state index contributed by atoms with van der Waals surface area (Å²) in [4.78, 5) is 0. The maximum absolute atomic E-state index is 8.52. The smallest absolute Gasteiger partial charge is 0.759 e. The predicted molar refractivity (Wildman–Crippen MR) is 35.0 cm³/mol. The molecule has 12 heteroatoms. The molecule has 88 valence electrons. The van der Waals surface area contributed by atoms with Crippen LogP contribution in [0.1, 0.15) is 0 Å². The topological polar surface area (TPSA) is 276 Å². The van der Waals surface area contributed by atoms with Crippen LogP contribution in [0.5, 0.6) is 0 Å². The van der Waals surface area contributed by atoms with Gasteiger partial charge < -0.3 is 43.3 Å². The van der Waals surface area contributed by atoms with E-state index in [0.717, 1.165) is 0 Å². The molecular weight excluding hydrogens is 383 g/mol. The fourth-order valence-corrected chi connectivity index (χ4v) is 0. The molecule has 10 nitrogen and oxygen atoms in total. The van der Waals surface area contributed by atoms with E-state index in [2.05, 4.69) is 0 Å². The minimum absolute atomic E-state index is 0. The Morgan fingerprint density at radius 1 is 0.750 bits per heavy atom. The standard InChI is InChI=1S/2H3N.H2O4S.4H2O.Pt/c;;1-5(2,3)4;;;;;/h2*1H3;(H2,1,2,3,4);4*1H2;/q;;;;;;;+2/p-2. The molecule has 0 aromatic carbocycles. The van der Waals surface area contributed by atoms with Crippen LogP contribution in [0.4, 0.5) is 0 Å². The summed E-state index contributed by atoms with van der Waals surface area (Å²) in [5, 5.41) is 0. The van der Waals surface area contributed by atoms with E-state index in [0.29, 0.717) is 0 Å². The summed E-state index contributed by atoms with van der Waals surface area (Å²) in [7, 11) is -5.17. The third kappa shape index (κ3) is 8840. The molecule has 0 aliphatic rings. The van der Waals surface area contributed by atoms with E-state index in [1.54, 1.807) is 0 Å². The molecular formula is H14N2O8PtS. The van der Waals surface area contributed by atoms with Gasteiger partial charge in [0.15, 0.2) is 0 Å². The van der Waals surface area contributed by atoms with Gasteiger partial charge in [0, 0.05) is 10.4 Å². The van der Waals surface area contributed by atoms with Gasteiger partial charge in [-0.1, -0.05) is 0 Å². The molecule has 0 saturated heterocycles.